The summed E-state index contributed by atoms with van der Waals surface area (Å²) in [5.41, 5.74) is 6.59. The molecule has 0 bridgehead atoms. The third-order valence-electron chi connectivity index (χ3n) is 5.20. The molecule has 0 saturated heterocycles. The Hall–Kier alpha value is -3.73. The second-order valence-corrected chi connectivity index (χ2v) is 7.70. The van der Waals surface area contributed by atoms with E-state index in [0.717, 1.165) is 77.4 Å². The van der Waals surface area contributed by atoms with E-state index in [0.29, 0.717) is 0 Å². The lowest BCUT2D eigenvalue weighted by atomic mass is 10.1. The lowest BCUT2D eigenvalue weighted by Gasteiger charge is -2.21. The fraction of sp³-hybridized carbons (Fsp3) is 0.250. The molecule has 0 aliphatic heterocycles. The molecule has 33 heavy (non-hydrogen) atoms. The van der Waals surface area contributed by atoms with Gasteiger partial charge < -0.3 is 20.9 Å². The van der Waals surface area contributed by atoms with Gasteiger partial charge in [-0.15, -0.1) is 0 Å². The van der Waals surface area contributed by atoms with Crippen LogP contribution in [0.15, 0.2) is 98.8 Å². The number of aromatic nitrogens is 1. The fourth-order valence-corrected chi connectivity index (χ4v) is 3.49. The number of para-hydroxylation sites is 1. The van der Waals surface area contributed by atoms with Crippen molar-refractivity contribution >= 4 is 22.3 Å². The van der Waals surface area contributed by atoms with Crippen LogP contribution in [0, 0.1) is 0 Å². The van der Waals surface area contributed by atoms with E-state index >= 15 is 0 Å². The molecule has 0 unspecified atom stereocenters. The van der Waals surface area contributed by atoms with Crippen LogP contribution in [0.2, 0.25) is 0 Å². The zero-order valence-corrected chi connectivity index (χ0v) is 20.1. The predicted molar refractivity (Wildman–Crippen MR) is 144 cm³/mol. The number of hydrogen-bond acceptors (Lipinski definition) is 5. The summed E-state index contributed by atoms with van der Waals surface area (Å²) < 4.78 is 0. The van der Waals surface area contributed by atoms with Crippen molar-refractivity contribution in [1.29, 1.82) is 0 Å². The number of nitrogens with one attached hydrogen (secondary N) is 3. The quantitative estimate of drug-likeness (QED) is 0.288. The summed E-state index contributed by atoms with van der Waals surface area (Å²) in [7, 11) is 0. The summed E-state index contributed by atoms with van der Waals surface area (Å²) >= 11 is 0. The van der Waals surface area contributed by atoms with Crippen molar-refractivity contribution in [2.45, 2.75) is 26.7 Å². The van der Waals surface area contributed by atoms with Gasteiger partial charge in [0.1, 0.15) is 0 Å². The van der Waals surface area contributed by atoms with Crippen LogP contribution < -0.4 is 16.0 Å². The van der Waals surface area contributed by atoms with Gasteiger partial charge in [0.15, 0.2) is 0 Å². The van der Waals surface area contributed by atoms with Crippen LogP contribution in [-0.2, 0) is 0 Å². The first-order valence-corrected chi connectivity index (χ1v) is 11.3. The molecule has 1 aromatic heterocycles. The summed E-state index contributed by atoms with van der Waals surface area (Å²) in [6.07, 6.45) is 9.09. The molecule has 0 saturated carbocycles. The highest BCUT2D eigenvalue weighted by atomic mass is 15.1. The number of allylic oxidation sites excluding steroid dienone is 4. The molecule has 0 radical (unpaired) electrons. The van der Waals surface area contributed by atoms with Gasteiger partial charge in [0.05, 0.1) is 11.2 Å². The lowest BCUT2D eigenvalue weighted by molar-refractivity contribution is 0.473. The third kappa shape index (κ3) is 7.42. The zero-order chi connectivity index (χ0) is 24.2. The molecule has 0 fully saturated rings. The van der Waals surface area contributed by atoms with Crippen LogP contribution in [0.5, 0.6) is 0 Å². The van der Waals surface area contributed by atoms with Gasteiger partial charge in [0, 0.05) is 59.6 Å². The molecule has 0 amide bonds. The third-order valence-corrected chi connectivity index (χ3v) is 5.20. The minimum atomic E-state index is 0.757. The van der Waals surface area contributed by atoms with Gasteiger partial charge in [0.25, 0.3) is 0 Å². The van der Waals surface area contributed by atoms with E-state index in [-0.39, 0.29) is 0 Å². The number of hydrogen-bond donors (Lipinski definition) is 3. The van der Waals surface area contributed by atoms with Gasteiger partial charge in [-0.1, -0.05) is 51.1 Å². The Labute approximate surface area is 199 Å². The molecule has 0 aliphatic carbocycles. The van der Waals surface area contributed by atoms with Gasteiger partial charge in [0.2, 0.25) is 0 Å². The zero-order valence-electron chi connectivity index (χ0n) is 20.1. The summed E-state index contributed by atoms with van der Waals surface area (Å²) in [6, 6.07) is 8.10. The number of nitrogens with zero attached hydrogens (tertiary/aromatic N) is 2. The molecule has 5 nitrogen and oxygen atoms in total. The molecule has 1 aromatic carbocycles. The first-order valence-electron chi connectivity index (χ1n) is 11.3. The highest BCUT2D eigenvalue weighted by Crippen LogP contribution is 2.28. The van der Waals surface area contributed by atoms with E-state index in [1.807, 2.05) is 48.4 Å². The van der Waals surface area contributed by atoms with Gasteiger partial charge in [-0.3, -0.25) is 4.98 Å². The lowest BCUT2D eigenvalue weighted by Crippen LogP contribution is -2.27. The average molecular weight is 444 g/mol. The molecule has 2 rings (SSSR count). The SMILES string of the molecule is C=CN(CCNC(=C)CCC(=C)Nc1cccc2c(C(=C)NCC)ccnc12)C(=C)/C=C\C. The highest BCUT2D eigenvalue weighted by molar-refractivity contribution is 5.97. The first kappa shape index (κ1) is 25.5. The second kappa shape index (κ2) is 13.0. The Morgan fingerprint density at radius 1 is 1.06 bits per heavy atom. The summed E-state index contributed by atoms with van der Waals surface area (Å²) in [5.74, 6) is 0. The molecular weight excluding hydrogens is 406 g/mol. The molecule has 2 aromatic rings. The van der Waals surface area contributed by atoms with E-state index in [2.05, 4.69) is 66.8 Å². The Morgan fingerprint density at radius 3 is 2.52 bits per heavy atom. The Kier molecular flexibility index (Phi) is 10.0. The minimum Gasteiger partial charge on any atom is -0.387 e. The van der Waals surface area contributed by atoms with Gasteiger partial charge in [-0.25, -0.2) is 0 Å². The van der Waals surface area contributed by atoms with Crippen molar-refractivity contribution in [2.24, 2.45) is 0 Å². The van der Waals surface area contributed by atoms with Crippen molar-refractivity contribution in [2.75, 3.05) is 25.0 Å². The maximum atomic E-state index is 4.60. The van der Waals surface area contributed by atoms with Crippen molar-refractivity contribution in [3.63, 3.8) is 0 Å². The molecule has 0 spiro atoms. The smallest absolute Gasteiger partial charge is 0.0943 e. The number of rotatable bonds is 15. The summed E-state index contributed by atoms with van der Waals surface area (Å²) in [4.78, 5) is 6.61. The van der Waals surface area contributed by atoms with E-state index in [9.17, 15) is 0 Å². The number of benzene rings is 1. The van der Waals surface area contributed by atoms with Gasteiger partial charge in [-0.2, -0.15) is 0 Å². The predicted octanol–water partition coefficient (Wildman–Crippen LogP) is 6.16. The summed E-state index contributed by atoms with van der Waals surface area (Å²) in [6.45, 7) is 26.8. The van der Waals surface area contributed by atoms with E-state index in [1.54, 1.807) is 6.20 Å². The normalized spacial score (nSPS) is 10.6. The van der Waals surface area contributed by atoms with Crippen LogP contribution >= 0.6 is 0 Å². The molecule has 0 aliphatic rings. The van der Waals surface area contributed by atoms with Crippen molar-refractivity contribution < 1.29 is 0 Å². The van der Waals surface area contributed by atoms with E-state index in [4.69, 9.17) is 0 Å². The van der Waals surface area contributed by atoms with E-state index in [1.165, 1.54) is 0 Å². The van der Waals surface area contributed by atoms with Crippen molar-refractivity contribution in [1.82, 2.24) is 20.5 Å². The summed E-state index contributed by atoms with van der Waals surface area (Å²) in [5, 5.41) is 11.2. The van der Waals surface area contributed by atoms with Crippen molar-refractivity contribution in [3.8, 4) is 0 Å². The maximum absolute atomic E-state index is 4.60. The standard InChI is InChI=1S/C28H37N5/c1-8-12-23(6)33(10-3)20-19-30-21(4)15-16-22(5)32-27-14-11-13-26-25(24(7)29-9-2)17-18-31-28(26)27/h8,10-14,17-18,29-30,32H,3-7,9,15-16,19-20H2,1-2H3/b12-8-. The average Bonchev–Trinajstić information content (AvgIpc) is 2.80. The molecule has 5 heteroatoms. The Balaban J connectivity index is 1.91. The number of anilines is 1. The van der Waals surface area contributed by atoms with Crippen LogP contribution in [0.1, 0.15) is 32.3 Å². The van der Waals surface area contributed by atoms with Crippen LogP contribution in [0.4, 0.5) is 5.69 Å². The Morgan fingerprint density at radius 2 is 1.82 bits per heavy atom. The highest BCUT2D eigenvalue weighted by Gasteiger charge is 2.09. The maximum Gasteiger partial charge on any atom is 0.0943 e. The number of fused-ring (bicyclic) bond motifs is 1. The van der Waals surface area contributed by atoms with Crippen LogP contribution in [-0.4, -0.2) is 29.5 Å². The molecular formula is C28H37N5. The second-order valence-electron chi connectivity index (χ2n) is 7.70. The monoisotopic (exact) mass is 443 g/mol. The van der Waals surface area contributed by atoms with Crippen LogP contribution in [0.3, 0.4) is 0 Å². The molecule has 1 heterocycles. The van der Waals surface area contributed by atoms with Crippen LogP contribution in [0.25, 0.3) is 16.6 Å². The van der Waals surface area contributed by atoms with Gasteiger partial charge >= 0.3 is 0 Å². The first-order chi connectivity index (χ1) is 15.9. The number of pyridine rings is 1. The largest absolute Gasteiger partial charge is 0.387 e. The molecule has 174 valence electrons. The minimum absolute atomic E-state index is 0.757. The fourth-order valence-electron chi connectivity index (χ4n) is 3.49. The van der Waals surface area contributed by atoms with Gasteiger partial charge in [-0.05, 0) is 51.1 Å². The molecule has 0 atom stereocenters. The Bertz CT molecular complexity index is 1050. The van der Waals surface area contributed by atoms with Crippen molar-refractivity contribution in [3.05, 3.63) is 104 Å². The topological polar surface area (TPSA) is 52.2 Å². The molecule has 3 N–H and O–H groups in total. The van der Waals surface area contributed by atoms with E-state index < -0.39 is 0 Å².